The fraction of sp³-hybridized carbons (Fsp3) is 0.938. The van der Waals surface area contributed by atoms with Crippen LogP contribution in [-0.4, -0.2) is 37.5 Å². The third-order valence-electron chi connectivity index (χ3n) is 5.22. The number of fused-ring (bicyclic) bond motifs is 1. The Labute approximate surface area is 121 Å². The maximum Gasteiger partial charge on any atom is 0.332 e. The molecule has 1 saturated heterocycles. The third kappa shape index (κ3) is 2.60. The molecule has 0 unspecified atom stereocenters. The summed E-state index contributed by atoms with van der Waals surface area (Å²) >= 11 is 0. The number of ether oxygens (including phenoxy) is 3. The fourth-order valence-corrected chi connectivity index (χ4v) is 4.13. The second-order valence-corrected chi connectivity index (χ2v) is 7.05. The first-order chi connectivity index (χ1) is 9.59. The van der Waals surface area contributed by atoms with Crippen molar-refractivity contribution in [3.05, 3.63) is 0 Å². The third-order valence-corrected chi connectivity index (χ3v) is 5.22. The summed E-state index contributed by atoms with van der Waals surface area (Å²) in [5.41, 5.74) is -0.0614. The maximum absolute atomic E-state index is 12.0. The second-order valence-electron chi connectivity index (χ2n) is 7.05. The lowest BCUT2D eigenvalue weighted by atomic mass is 9.57. The molecule has 3 fully saturated rings. The van der Waals surface area contributed by atoms with Crippen LogP contribution in [0.5, 0.6) is 0 Å². The van der Waals surface area contributed by atoms with E-state index in [-0.39, 0.29) is 36.3 Å². The van der Waals surface area contributed by atoms with E-state index in [0.717, 1.165) is 32.3 Å². The van der Waals surface area contributed by atoms with E-state index in [2.05, 4.69) is 13.8 Å². The van der Waals surface area contributed by atoms with Crippen molar-refractivity contribution in [3.8, 4) is 0 Å². The number of carbonyl (C=O) groups excluding carboxylic acids is 1. The summed E-state index contributed by atoms with van der Waals surface area (Å²) in [6.45, 7) is 5.22. The van der Waals surface area contributed by atoms with Gasteiger partial charge in [0.05, 0.1) is 12.2 Å². The Morgan fingerprint density at radius 2 is 1.95 bits per heavy atom. The molecule has 0 radical (unpaired) electrons. The quantitative estimate of drug-likeness (QED) is 0.744. The van der Waals surface area contributed by atoms with Gasteiger partial charge in [0.25, 0.3) is 0 Å². The van der Waals surface area contributed by atoms with Crippen LogP contribution in [0.3, 0.4) is 0 Å². The highest BCUT2D eigenvalue weighted by atomic mass is 16.6. The van der Waals surface area contributed by atoms with Crippen molar-refractivity contribution >= 4 is 5.97 Å². The molecule has 2 aliphatic carbocycles. The number of hydrogen-bond acceptors (Lipinski definition) is 4. The molecule has 2 saturated carbocycles. The Balaban J connectivity index is 1.48. The number of rotatable bonds is 4. The Kier molecular flexibility index (Phi) is 4.04. The van der Waals surface area contributed by atoms with Crippen molar-refractivity contribution in [1.29, 1.82) is 0 Å². The Morgan fingerprint density at radius 1 is 1.20 bits per heavy atom. The van der Waals surface area contributed by atoms with E-state index in [4.69, 9.17) is 14.2 Å². The van der Waals surface area contributed by atoms with Crippen LogP contribution in [0.15, 0.2) is 0 Å². The first-order valence-corrected chi connectivity index (χ1v) is 8.02. The summed E-state index contributed by atoms with van der Waals surface area (Å²) in [4.78, 5) is 12.0. The molecule has 3 rings (SSSR count). The van der Waals surface area contributed by atoms with E-state index >= 15 is 0 Å². The van der Waals surface area contributed by atoms with Gasteiger partial charge < -0.3 is 14.2 Å². The Bertz CT molecular complexity index is 359. The van der Waals surface area contributed by atoms with E-state index in [0.29, 0.717) is 5.92 Å². The van der Waals surface area contributed by atoms with Gasteiger partial charge in [-0.05, 0) is 25.7 Å². The first-order valence-electron chi connectivity index (χ1n) is 8.02. The highest BCUT2D eigenvalue weighted by Gasteiger charge is 2.60. The monoisotopic (exact) mass is 282 g/mol. The SMILES string of the molecule is CC1(C)[C@@H]2OCCC[C@@H]2[C@@H]1OC(=O)COC1CCCC1. The fourth-order valence-electron chi connectivity index (χ4n) is 4.13. The van der Waals surface area contributed by atoms with Gasteiger partial charge in [-0.1, -0.05) is 26.7 Å². The molecule has 4 nitrogen and oxygen atoms in total. The zero-order chi connectivity index (χ0) is 14.2. The van der Waals surface area contributed by atoms with Crippen LogP contribution < -0.4 is 0 Å². The first kappa shape index (κ1) is 14.3. The van der Waals surface area contributed by atoms with Gasteiger partial charge in [0, 0.05) is 17.9 Å². The van der Waals surface area contributed by atoms with Crippen molar-refractivity contribution < 1.29 is 19.0 Å². The summed E-state index contributed by atoms with van der Waals surface area (Å²) in [5, 5.41) is 0. The van der Waals surface area contributed by atoms with Gasteiger partial charge in [0.2, 0.25) is 0 Å². The largest absolute Gasteiger partial charge is 0.460 e. The van der Waals surface area contributed by atoms with Gasteiger partial charge in [-0.3, -0.25) is 0 Å². The highest BCUT2D eigenvalue weighted by Crippen LogP contribution is 2.52. The molecule has 114 valence electrons. The Hall–Kier alpha value is -0.610. The lowest BCUT2D eigenvalue weighted by Crippen LogP contribution is -2.65. The predicted octanol–water partition coefficient (Wildman–Crippen LogP) is 2.69. The molecule has 1 aliphatic heterocycles. The average molecular weight is 282 g/mol. The zero-order valence-electron chi connectivity index (χ0n) is 12.6. The molecule has 20 heavy (non-hydrogen) atoms. The van der Waals surface area contributed by atoms with Crippen LogP contribution in [0.4, 0.5) is 0 Å². The molecule has 0 N–H and O–H groups in total. The maximum atomic E-state index is 12.0. The molecule has 0 aromatic carbocycles. The van der Waals surface area contributed by atoms with Gasteiger partial charge in [0.15, 0.2) is 0 Å². The summed E-state index contributed by atoms with van der Waals surface area (Å²) in [6, 6.07) is 0. The number of carbonyl (C=O) groups is 1. The summed E-state index contributed by atoms with van der Waals surface area (Å²) in [6.07, 6.45) is 7.30. The van der Waals surface area contributed by atoms with Crippen molar-refractivity contribution in [3.63, 3.8) is 0 Å². The van der Waals surface area contributed by atoms with E-state index in [1.165, 1.54) is 12.8 Å². The molecular weight excluding hydrogens is 256 g/mol. The van der Waals surface area contributed by atoms with E-state index in [1.807, 2.05) is 0 Å². The lowest BCUT2D eigenvalue weighted by molar-refractivity contribution is -0.256. The minimum absolute atomic E-state index is 0.00696. The molecule has 3 aliphatic rings. The summed E-state index contributed by atoms with van der Waals surface area (Å²) < 4.78 is 17.1. The van der Waals surface area contributed by atoms with Crippen LogP contribution in [0.2, 0.25) is 0 Å². The smallest absolute Gasteiger partial charge is 0.332 e. The number of hydrogen-bond donors (Lipinski definition) is 0. The van der Waals surface area contributed by atoms with Crippen LogP contribution in [0, 0.1) is 11.3 Å². The van der Waals surface area contributed by atoms with Crippen LogP contribution in [-0.2, 0) is 19.0 Å². The van der Waals surface area contributed by atoms with Gasteiger partial charge >= 0.3 is 5.97 Å². The van der Waals surface area contributed by atoms with E-state index in [9.17, 15) is 4.79 Å². The molecule has 0 amide bonds. The molecular formula is C16H26O4. The van der Waals surface area contributed by atoms with Crippen molar-refractivity contribution in [2.45, 2.75) is 70.7 Å². The normalized spacial score (nSPS) is 36.2. The molecule has 4 heteroatoms. The van der Waals surface area contributed by atoms with Gasteiger partial charge in [-0.25, -0.2) is 4.79 Å². The molecule has 1 heterocycles. The topological polar surface area (TPSA) is 44.8 Å². The van der Waals surface area contributed by atoms with Gasteiger partial charge in [-0.15, -0.1) is 0 Å². The van der Waals surface area contributed by atoms with E-state index < -0.39 is 0 Å². The van der Waals surface area contributed by atoms with Crippen molar-refractivity contribution in [2.75, 3.05) is 13.2 Å². The molecule has 0 bridgehead atoms. The standard InChI is InChI=1S/C16H26O4/c1-16(2)14-12(8-5-9-18-14)15(16)20-13(17)10-19-11-6-3-4-7-11/h11-12,14-15H,3-10H2,1-2H3/t12-,14+,15-/m0/s1. The van der Waals surface area contributed by atoms with E-state index in [1.54, 1.807) is 0 Å². The minimum atomic E-state index is -0.209. The molecule has 0 spiro atoms. The summed E-state index contributed by atoms with van der Waals surface area (Å²) in [7, 11) is 0. The van der Waals surface area contributed by atoms with Crippen LogP contribution >= 0.6 is 0 Å². The second kappa shape index (κ2) is 5.64. The lowest BCUT2D eigenvalue weighted by Gasteiger charge is -2.58. The minimum Gasteiger partial charge on any atom is -0.460 e. The highest BCUT2D eigenvalue weighted by molar-refractivity contribution is 5.71. The molecule has 0 aromatic heterocycles. The molecule has 3 atom stereocenters. The van der Waals surface area contributed by atoms with Crippen LogP contribution in [0.1, 0.15) is 52.4 Å². The summed E-state index contributed by atoms with van der Waals surface area (Å²) in [5.74, 6) is 0.174. The average Bonchev–Trinajstić information content (AvgIpc) is 2.96. The predicted molar refractivity (Wildman–Crippen MR) is 74.3 cm³/mol. The van der Waals surface area contributed by atoms with Crippen LogP contribution in [0.25, 0.3) is 0 Å². The van der Waals surface area contributed by atoms with Gasteiger partial charge in [0.1, 0.15) is 12.7 Å². The van der Waals surface area contributed by atoms with Gasteiger partial charge in [-0.2, -0.15) is 0 Å². The molecule has 0 aromatic rings. The zero-order valence-corrected chi connectivity index (χ0v) is 12.6. The van der Waals surface area contributed by atoms with Crippen molar-refractivity contribution in [2.24, 2.45) is 11.3 Å². The van der Waals surface area contributed by atoms with Crippen molar-refractivity contribution in [1.82, 2.24) is 0 Å². The number of esters is 1. The Morgan fingerprint density at radius 3 is 2.70 bits per heavy atom.